The number of nitrogens with two attached hydrogens (primary N) is 1. The number of rotatable bonds is 6. The molecule has 0 saturated heterocycles. The van der Waals surface area contributed by atoms with Crippen molar-refractivity contribution in [1.29, 1.82) is 0 Å². The smallest absolute Gasteiger partial charge is 0.146 e. The molecule has 0 aromatic heterocycles. The summed E-state index contributed by atoms with van der Waals surface area (Å²) in [5.41, 5.74) is 7.64. The zero-order chi connectivity index (χ0) is 15.2. The van der Waals surface area contributed by atoms with Gasteiger partial charge in [-0.15, -0.1) is 0 Å². The molecule has 0 amide bonds. The molecule has 0 spiro atoms. The Hall–Kier alpha value is -1.42. The summed E-state index contributed by atoms with van der Waals surface area (Å²) in [6, 6.07) is 15.0. The molecule has 2 aromatic rings. The van der Waals surface area contributed by atoms with E-state index in [0.717, 1.165) is 13.1 Å². The molecule has 0 heterocycles. The second-order valence-corrected chi connectivity index (χ2v) is 5.35. The Morgan fingerprint density at radius 1 is 1.14 bits per heavy atom. The van der Waals surface area contributed by atoms with Crippen LogP contribution in [0.15, 0.2) is 48.5 Å². The lowest BCUT2D eigenvalue weighted by molar-refractivity contribution is 0.199. The molecule has 2 aromatic carbocycles. The largest absolute Gasteiger partial charge is 0.329 e. The van der Waals surface area contributed by atoms with Gasteiger partial charge in [-0.2, -0.15) is 0 Å². The Labute approximate surface area is 130 Å². The van der Waals surface area contributed by atoms with E-state index in [1.165, 1.54) is 5.56 Å². The normalized spacial score (nSPS) is 12.6. The van der Waals surface area contributed by atoms with Crippen molar-refractivity contribution in [2.45, 2.75) is 19.5 Å². The molecule has 0 fully saturated rings. The molecular formula is C17H20ClFN2. The van der Waals surface area contributed by atoms with Gasteiger partial charge in [-0.05, 0) is 18.2 Å². The standard InChI is InChI=1S/C17H20ClFN2/c1-2-21(12-13-7-4-3-5-8-13)16(11-20)14-9-6-10-15(18)17(14)19/h3-10,16H,2,11-12,20H2,1H3. The van der Waals surface area contributed by atoms with Crippen molar-refractivity contribution in [2.24, 2.45) is 5.73 Å². The molecule has 1 unspecified atom stereocenters. The summed E-state index contributed by atoms with van der Waals surface area (Å²) in [7, 11) is 0. The molecular weight excluding hydrogens is 287 g/mol. The highest BCUT2D eigenvalue weighted by Gasteiger charge is 2.22. The van der Waals surface area contributed by atoms with Crippen LogP contribution < -0.4 is 5.73 Å². The lowest BCUT2D eigenvalue weighted by atomic mass is 10.0. The minimum Gasteiger partial charge on any atom is -0.329 e. The maximum atomic E-state index is 14.3. The van der Waals surface area contributed by atoms with Crippen molar-refractivity contribution < 1.29 is 4.39 Å². The minimum atomic E-state index is -0.374. The first-order chi connectivity index (χ1) is 10.2. The van der Waals surface area contributed by atoms with Crippen molar-refractivity contribution >= 4 is 11.6 Å². The summed E-state index contributed by atoms with van der Waals surface area (Å²) in [5.74, 6) is -0.374. The second kappa shape index (κ2) is 7.55. The van der Waals surface area contributed by atoms with Crippen LogP contribution in [0.3, 0.4) is 0 Å². The third-order valence-electron chi connectivity index (χ3n) is 3.64. The van der Waals surface area contributed by atoms with Gasteiger partial charge < -0.3 is 5.73 Å². The van der Waals surface area contributed by atoms with E-state index in [1.807, 2.05) is 25.1 Å². The average Bonchev–Trinajstić information content (AvgIpc) is 2.52. The van der Waals surface area contributed by atoms with Gasteiger partial charge >= 0.3 is 0 Å². The van der Waals surface area contributed by atoms with Gasteiger partial charge in [0.05, 0.1) is 11.1 Å². The fourth-order valence-corrected chi connectivity index (χ4v) is 2.69. The molecule has 2 rings (SSSR count). The first kappa shape index (κ1) is 16.0. The molecule has 2 N–H and O–H groups in total. The van der Waals surface area contributed by atoms with Crippen LogP contribution in [0.2, 0.25) is 5.02 Å². The van der Waals surface area contributed by atoms with E-state index >= 15 is 0 Å². The van der Waals surface area contributed by atoms with Crippen LogP contribution in [-0.2, 0) is 6.54 Å². The van der Waals surface area contributed by atoms with E-state index in [0.29, 0.717) is 12.1 Å². The third kappa shape index (κ3) is 3.82. The lowest BCUT2D eigenvalue weighted by Crippen LogP contribution is -2.34. The van der Waals surface area contributed by atoms with Crippen LogP contribution >= 0.6 is 11.6 Å². The maximum absolute atomic E-state index is 14.3. The molecule has 112 valence electrons. The Morgan fingerprint density at radius 3 is 2.48 bits per heavy atom. The topological polar surface area (TPSA) is 29.3 Å². The molecule has 1 atom stereocenters. The highest BCUT2D eigenvalue weighted by atomic mass is 35.5. The lowest BCUT2D eigenvalue weighted by Gasteiger charge is -2.30. The van der Waals surface area contributed by atoms with Gasteiger partial charge in [0, 0.05) is 18.7 Å². The van der Waals surface area contributed by atoms with Crippen LogP contribution in [0.1, 0.15) is 24.1 Å². The molecule has 0 aliphatic heterocycles. The van der Waals surface area contributed by atoms with E-state index in [-0.39, 0.29) is 16.9 Å². The van der Waals surface area contributed by atoms with Crippen LogP contribution in [-0.4, -0.2) is 18.0 Å². The molecule has 0 aliphatic rings. The first-order valence-electron chi connectivity index (χ1n) is 7.09. The highest BCUT2D eigenvalue weighted by Crippen LogP contribution is 2.27. The van der Waals surface area contributed by atoms with Crippen molar-refractivity contribution in [2.75, 3.05) is 13.1 Å². The molecule has 0 bridgehead atoms. The minimum absolute atomic E-state index is 0.140. The molecule has 0 saturated carbocycles. The molecule has 0 radical (unpaired) electrons. The van der Waals surface area contributed by atoms with Gasteiger partial charge in [0.1, 0.15) is 5.82 Å². The quantitative estimate of drug-likeness (QED) is 0.874. The summed E-state index contributed by atoms with van der Waals surface area (Å²) in [6.45, 7) is 3.90. The van der Waals surface area contributed by atoms with Gasteiger partial charge in [0.25, 0.3) is 0 Å². The Morgan fingerprint density at radius 2 is 1.86 bits per heavy atom. The predicted molar refractivity (Wildman–Crippen MR) is 85.7 cm³/mol. The van der Waals surface area contributed by atoms with Crippen molar-refractivity contribution in [1.82, 2.24) is 4.90 Å². The van der Waals surface area contributed by atoms with E-state index in [2.05, 4.69) is 17.0 Å². The number of hydrogen-bond acceptors (Lipinski definition) is 2. The van der Waals surface area contributed by atoms with Crippen LogP contribution in [0.4, 0.5) is 4.39 Å². The number of likely N-dealkylation sites (N-methyl/N-ethyl adjacent to an activating group) is 1. The zero-order valence-electron chi connectivity index (χ0n) is 12.1. The monoisotopic (exact) mass is 306 g/mol. The second-order valence-electron chi connectivity index (χ2n) is 4.94. The molecule has 2 nitrogen and oxygen atoms in total. The van der Waals surface area contributed by atoms with Crippen molar-refractivity contribution in [3.8, 4) is 0 Å². The highest BCUT2D eigenvalue weighted by molar-refractivity contribution is 6.30. The Balaban J connectivity index is 2.27. The number of nitrogens with zero attached hydrogens (tertiary/aromatic N) is 1. The van der Waals surface area contributed by atoms with Gasteiger partial charge in [0.2, 0.25) is 0 Å². The Bertz CT molecular complexity index is 574. The number of hydrogen-bond donors (Lipinski definition) is 1. The van der Waals surface area contributed by atoms with E-state index in [1.54, 1.807) is 18.2 Å². The van der Waals surface area contributed by atoms with Gasteiger partial charge in [-0.1, -0.05) is 61.0 Å². The molecule has 0 aliphatic carbocycles. The Kier molecular flexibility index (Phi) is 5.74. The SMILES string of the molecule is CCN(Cc1ccccc1)C(CN)c1cccc(Cl)c1F. The third-order valence-corrected chi connectivity index (χ3v) is 3.93. The number of benzene rings is 2. The average molecular weight is 307 g/mol. The number of halogens is 2. The van der Waals surface area contributed by atoms with Crippen LogP contribution in [0.25, 0.3) is 0 Å². The summed E-state index contributed by atoms with van der Waals surface area (Å²) >= 11 is 5.89. The molecule has 4 heteroatoms. The maximum Gasteiger partial charge on any atom is 0.146 e. The van der Waals surface area contributed by atoms with Gasteiger partial charge in [0.15, 0.2) is 0 Å². The van der Waals surface area contributed by atoms with Crippen molar-refractivity contribution in [3.05, 3.63) is 70.5 Å². The van der Waals surface area contributed by atoms with Crippen LogP contribution in [0.5, 0.6) is 0 Å². The summed E-state index contributed by atoms with van der Waals surface area (Å²) < 4.78 is 14.3. The summed E-state index contributed by atoms with van der Waals surface area (Å²) in [6.07, 6.45) is 0. The fraction of sp³-hybridized carbons (Fsp3) is 0.294. The fourth-order valence-electron chi connectivity index (χ4n) is 2.51. The summed E-state index contributed by atoms with van der Waals surface area (Å²) in [4.78, 5) is 2.16. The van der Waals surface area contributed by atoms with E-state index in [9.17, 15) is 4.39 Å². The van der Waals surface area contributed by atoms with Crippen molar-refractivity contribution in [3.63, 3.8) is 0 Å². The van der Waals surface area contributed by atoms with E-state index in [4.69, 9.17) is 17.3 Å². The summed E-state index contributed by atoms with van der Waals surface area (Å²) in [5, 5.41) is 0.140. The van der Waals surface area contributed by atoms with Gasteiger partial charge in [-0.3, -0.25) is 4.90 Å². The first-order valence-corrected chi connectivity index (χ1v) is 7.47. The molecule has 21 heavy (non-hydrogen) atoms. The van der Waals surface area contributed by atoms with Gasteiger partial charge in [-0.25, -0.2) is 4.39 Å². The van der Waals surface area contributed by atoms with Crippen LogP contribution in [0, 0.1) is 5.82 Å². The van der Waals surface area contributed by atoms with E-state index < -0.39 is 0 Å². The predicted octanol–water partition coefficient (Wildman–Crippen LogP) is 4.00. The zero-order valence-corrected chi connectivity index (χ0v) is 12.9.